The fraction of sp³-hybridized carbons (Fsp3) is 0.231. The zero-order chi connectivity index (χ0) is 12.4. The van der Waals surface area contributed by atoms with Crippen molar-refractivity contribution >= 4 is 16.9 Å². The van der Waals surface area contributed by atoms with E-state index in [0.717, 1.165) is 10.9 Å². The highest BCUT2D eigenvalue weighted by Gasteiger charge is 2.19. The van der Waals surface area contributed by atoms with Crippen LogP contribution in [0.15, 0.2) is 24.3 Å². The molecule has 0 spiro atoms. The molecule has 0 fully saturated rings. The van der Waals surface area contributed by atoms with E-state index in [1.807, 2.05) is 24.3 Å². The van der Waals surface area contributed by atoms with Crippen molar-refractivity contribution in [2.75, 3.05) is 0 Å². The normalized spacial score (nSPS) is 10.5. The Morgan fingerprint density at radius 1 is 1.41 bits per heavy atom. The van der Waals surface area contributed by atoms with Crippen molar-refractivity contribution < 1.29 is 9.53 Å². The summed E-state index contributed by atoms with van der Waals surface area (Å²) in [5, 5.41) is 9.85. The van der Waals surface area contributed by atoms with E-state index < -0.39 is 5.97 Å². The van der Waals surface area contributed by atoms with Gasteiger partial charge in [0.25, 0.3) is 0 Å². The third kappa shape index (κ3) is 2.00. The van der Waals surface area contributed by atoms with Gasteiger partial charge in [-0.25, -0.2) is 4.79 Å². The molecular formula is C13H12N2O2. The van der Waals surface area contributed by atoms with Gasteiger partial charge in [0.15, 0.2) is 0 Å². The van der Waals surface area contributed by atoms with Gasteiger partial charge in [0.05, 0.1) is 11.7 Å². The van der Waals surface area contributed by atoms with Crippen LogP contribution in [0.5, 0.6) is 0 Å². The van der Waals surface area contributed by atoms with Gasteiger partial charge in [0.1, 0.15) is 11.8 Å². The molecule has 1 N–H and O–H groups in total. The number of hydrogen-bond acceptors (Lipinski definition) is 3. The predicted molar refractivity (Wildman–Crippen MR) is 63.6 cm³/mol. The van der Waals surface area contributed by atoms with E-state index >= 15 is 0 Å². The summed E-state index contributed by atoms with van der Waals surface area (Å²) in [7, 11) is 0. The van der Waals surface area contributed by atoms with Gasteiger partial charge in [0.2, 0.25) is 0 Å². The number of carbonyl (C=O) groups excluding carboxylic acids is 1. The summed E-state index contributed by atoms with van der Waals surface area (Å²) < 4.78 is 5.09. The van der Waals surface area contributed by atoms with Gasteiger partial charge in [-0.2, -0.15) is 5.26 Å². The van der Waals surface area contributed by atoms with Gasteiger partial charge in [-0.05, 0) is 19.9 Å². The number of nitrogens with zero attached hydrogens (tertiary/aromatic N) is 1. The molecule has 0 aliphatic carbocycles. The maximum absolute atomic E-state index is 11.8. The number of rotatable bonds is 2. The van der Waals surface area contributed by atoms with Crippen molar-refractivity contribution in [1.29, 1.82) is 5.26 Å². The monoisotopic (exact) mass is 228 g/mol. The number of ether oxygens (including phenoxy) is 1. The van der Waals surface area contributed by atoms with Gasteiger partial charge >= 0.3 is 5.97 Å². The summed E-state index contributed by atoms with van der Waals surface area (Å²) in [5.41, 5.74) is 1.33. The van der Waals surface area contributed by atoms with E-state index in [4.69, 9.17) is 10.00 Å². The lowest BCUT2D eigenvalue weighted by Crippen LogP contribution is -2.13. The topological polar surface area (TPSA) is 65.9 Å². The van der Waals surface area contributed by atoms with Crippen molar-refractivity contribution in [3.8, 4) is 6.07 Å². The lowest BCUT2D eigenvalue weighted by atomic mass is 10.1. The quantitative estimate of drug-likeness (QED) is 0.803. The number of carbonyl (C=O) groups is 1. The minimum Gasteiger partial charge on any atom is -0.458 e. The summed E-state index contributed by atoms with van der Waals surface area (Å²) >= 11 is 0. The van der Waals surface area contributed by atoms with Gasteiger partial charge in [0, 0.05) is 10.9 Å². The smallest absolute Gasteiger partial charge is 0.356 e. The largest absolute Gasteiger partial charge is 0.458 e. The number of aromatic amines is 1. The molecule has 2 rings (SSSR count). The Kier molecular flexibility index (Phi) is 2.84. The molecule has 17 heavy (non-hydrogen) atoms. The summed E-state index contributed by atoms with van der Waals surface area (Å²) in [4.78, 5) is 14.7. The van der Waals surface area contributed by atoms with Crippen LogP contribution >= 0.6 is 0 Å². The molecular weight excluding hydrogens is 216 g/mol. The number of para-hydroxylation sites is 1. The standard InChI is InChI=1S/C13H12N2O2/c1-8(2)17-13(16)12-10(7-14)9-5-3-4-6-11(9)15-12/h3-6,8,15H,1-2H3. The van der Waals surface area contributed by atoms with Crippen LogP contribution in [0.4, 0.5) is 0 Å². The highest BCUT2D eigenvalue weighted by Crippen LogP contribution is 2.22. The number of hydrogen-bond donors (Lipinski definition) is 1. The lowest BCUT2D eigenvalue weighted by molar-refractivity contribution is 0.0371. The van der Waals surface area contributed by atoms with Crippen LogP contribution in [0.25, 0.3) is 10.9 Å². The first-order chi connectivity index (χ1) is 8.13. The zero-order valence-electron chi connectivity index (χ0n) is 9.65. The first kappa shape index (κ1) is 11.2. The SMILES string of the molecule is CC(C)OC(=O)c1[nH]c2ccccc2c1C#N. The van der Waals surface area contributed by atoms with Crippen LogP contribution < -0.4 is 0 Å². The molecule has 4 heteroatoms. The molecule has 0 unspecified atom stereocenters. The van der Waals surface area contributed by atoms with E-state index in [2.05, 4.69) is 4.98 Å². The molecule has 0 aliphatic heterocycles. The fourth-order valence-electron chi connectivity index (χ4n) is 1.68. The zero-order valence-corrected chi connectivity index (χ0v) is 9.65. The van der Waals surface area contributed by atoms with E-state index in [1.165, 1.54) is 0 Å². The van der Waals surface area contributed by atoms with Crippen LogP contribution in [0.2, 0.25) is 0 Å². The van der Waals surface area contributed by atoms with E-state index in [9.17, 15) is 4.79 Å². The minimum atomic E-state index is -0.493. The molecule has 0 saturated heterocycles. The van der Waals surface area contributed by atoms with Crippen molar-refractivity contribution in [3.05, 3.63) is 35.5 Å². The molecule has 86 valence electrons. The number of benzene rings is 1. The maximum Gasteiger partial charge on any atom is 0.356 e. The van der Waals surface area contributed by atoms with Gasteiger partial charge < -0.3 is 9.72 Å². The number of fused-ring (bicyclic) bond motifs is 1. The number of H-pyrrole nitrogens is 1. The van der Waals surface area contributed by atoms with Crippen LogP contribution in [0, 0.1) is 11.3 Å². The second-order valence-corrected chi connectivity index (χ2v) is 3.99. The number of esters is 1. The van der Waals surface area contributed by atoms with Crippen molar-refractivity contribution in [2.45, 2.75) is 20.0 Å². The first-order valence-corrected chi connectivity index (χ1v) is 5.35. The summed E-state index contributed by atoms with van der Waals surface area (Å²) in [5.74, 6) is -0.493. The predicted octanol–water partition coefficient (Wildman–Crippen LogP) is 2.60. The molecule has 1 aromatic heterocycles. The minimum absolute atomic E-state index is 0.208. The fourth-order valence-corrected chi connectivity index (χ4v) is 1.68. The highest BCUT2D eigenvalue weighted by molar-refractivity contribution is 6.00. The Hall–Kier alpha value is -2.28. The number of nitriles is 1. The molecule has 1 heterocycles. The van der Waals surface area contributed by atoms with E-state index in [-0.39, 0.29) is 11.8 Å². The second kappa shape index (κ2) is 4.30. The van der Waals surface area contributed by atoms with Crippen LogP contribution in [0.1, 0.15) is 29.9 Å². The molecule has 1 aromatic carbocycles. The Morgan fingerprint density at radius 2 is 2.12 bits per heavy atom. The van der Waals surface area contributed by atoms with E-state index in [1.54, 1.807) is 19.9 Å². The average Bonchev–Trinajstić information content (AvgIpc) is 2.66. The van der Waals surface area contributed by atoms with Gasteiger partial charge in [-0.1, -0.05) is 18.2 Å². The van der Waals surface area contributed by atoms with Gasteiger partial charge in [-0.3, -0.25) is 0 Å². The molecule has 0 bridgehead atoms. The lowest BCUT2D eigenvalue weighted by Gasteiger charge is -2.06. The molecule has 0 atom stereocenters. The van der Waals surface area contributed by atoms with Gasteiger partial charge in [-0.15, -0.1) is 0 Å². The van der Waals surface area contributed by atoms with Crippen molar-refractivity contribution in [2.24, 2.45) is 0 Å². The third-order valence-corrected chi connectivity index (χ3v) is 2.36. The van der Waals surface area contributed by atoms with Crippen LogP contribution in [-0.4, -0.2) is 17.1 Å². The molecule has 0 radical (unpaired) electrons. The van der Waals surface area contributed by atoms with Crippen LogP contribution in [0.3, 0.4) is 0 Å². The molecule has 0 amide bonds. The number of nitrogens with one attached hydrogen (secondary N) is 1. The molecule has 0 aliphatic rings. The highest BCUT2D eigenvalue weighted by atomic mass is 16.5. The Morgan fingerprint density at radius 3 is 2.76 bits per heavy atom. The Bertz CT molecular complexity index is 605. The molecule has 2 aromatic rings. The van der Waals surface area contributed by atoms with Crippen LogP contribution in [-0.2, 0) is 4.74 Å². The first-order valence-electron chi connectivity index (χ1n) is 5.35. The summed E-state index contributed by atoms with van der Waals surface area (Å²) in [6.07, 6.45) is -0.208. The summed E-state index contributed by atoms with van der Waals surface area (Å²) in [6.45, 7) is 3.54. The average molecular weight is 228 g/mol. The molecule has 0 saturated carbocycles. The number of aromatic nitrogens is 1. The maximum atomic E-state index is 11.8. The summed E-state index contributed by atoms with van der Waals surface area (Å²) in [6, 6.07) is 9.34. The Labute approximate surface area is 98.8 Å². The third-order valence-electron chi connectivity index (χ3n) is 2.36. The van der Waals surface area contributed by atoms with Crippen molar-refractivity contribution in [1.82, 2.24) is 4.98 Å². The molecule has 4 nitrogen and oxygen atoms in total. The van der Waals surface area contributed by atoms with E-state index in [0.29, 0.717) is 5.56 Å². The Balaban J connectivity index is 2.55. The second-order valence-electron chi connectivity index (χ2n) is 3.99. The van der Waals surface area contributed by atoms with Crippen molar-refractivity contribution in [3.63, 3.8) is 0 Å².